The number of piperidine rings is 1. The van der Waals surface area contributed by atoms with Gasteiger partial charge in [0, 0.05) is 18.2 Å². The van der Waals surface area contributed by atoms with Crippen LogP contribution in [0.4, 0.5) is 0 Å². The van der Waals surface area contributed by atoms with Crippen molar-refractivity contribution in [2.75, 3.05) is 6.54 Å². The van der Waals surface area contributed by atoms with Crippen LogP contribution in [-0.2, 0) is 14.8 Å². The van der Waals surface area contributed by atoms with E-state index in [2.05, 4.69) is 5.32 Å². The Balaban J connectivity index is 1.76. The van der Waals surface area contributed by atoms with Gasteiger partial charge in [0.05, 0.1) is 4.90 Å². The number of sulfonamides is 1. The Bertz CT molecular complexity index is 813. The Labute approximate surface area is 159 Å². The average molecular weight is 394 g/mol. The third-order valence-corrected chi connectivity index (χ3v) is 7.71. The van der Waals surface area contributed by atoms with Gasteiger partial charge in [-0.3, -0.25) is 4.79 Å². The molecule has 1 aliphatic carbocycles. The van der Waals surface area contributed by atoms with E-state index in [-0.39, 0.29) is 16.5 Å². The van der Waals surface area contributed by atoms with Crippen LogP contribution in [0.25, 0.3) is 0 Å². The van der Waals surface area contributed by atoms with Crippen LogP contribution in [-0.4, -0.2) is 47.8 Å². The molecule has 3 rings (SSSR count). The third-order valence-electron chi connectivity index (χ3n) is 5.68. The van der Waals surface area contributed by atoms with E-state index >= 15 is 0 Å². The second-order valence-electron chi connectivity index (χ2n) is 7.53. The molecule has 1 saturated carbocycles. The third kappa shape index (κ3) is 3.87. The number of hydrogen-bond acceptors (Lipinski definition) is 4. The molecule has 2 aliphatic rings. The van der Waals surface area contributed by atoms with Crippen LogP contribution >= 0.6 is 0 Å². The second kappa shape index (κ2) is 7.59. The zero-order chi connectivity index (χ0) is 19.7. The van der Waals surface area contributed by atoms with Gasteiger partial charge in [0.25, 0.3) is 5.91 Å². The monoisotopic (exact) mass is 394 g/mol. The van der Waals surface area contributed by atoms with Gasteiger partial charge >= 0.3 is 5.97 Å². The Morgan fingerprint density at radius 2 is 1.74 bits per heavy atom. The van der Waals surface area contributed by atoms with E-state index in [9.17, 15) is 23.1 Å². The first kappa shape index (κ1) is 19.8. The summed E-state index contributed by atoms with van der Waals surface area (Å²) in [7, 11) is -3.59. The number of aliphatic carboxylic acids is 1. The van der Waals surface area contributed by atoms with E-state index < -0.39 is 27.4 Å². The number of amides is 1. The van der Waals surface area contributed by atoms with Crippen LogP contribution < -0.4 is 5.32 Å². The number of rotatable bonds is 5. The fourth-order valence-electron chi connectivity index (χ4n) is 4.00. The van der Waals surface area contributed by atoms with Crippen molar-refractivity contribution >= 4 is 21.9 Å². The molecule has 8 heteroatoms. The summed E-state index contributed by atoms with van der Waals surface area (Å²) in [5, 5.41) is 12.1. The van der Waals surface area contributed by atoms with E-state index in [1.165, 1.54) is 28.6 Å². The minimum atomic E-state index is -3.59. The van der Waals surface area contributed by atoms with Crippen molar-refractivity contribution in [2.24, 2.45) is 0 Å². The molecular formula is C19H26N2O5S. The predicted octanol–water partition coefficient (Wildman–Crippen LogP) is 2.38. The van der Waals surface area contributed by atoms with Crippen molar-refractivity contribution in [1.29, 1.82) is 0 Å². The molecule has 1 heterocycles. The van der Waals surface area contributed by atoms with Crippen molar-refractivity contribution in [3.8, 4) is 0 Å². The summed E-state index contributed by atoms with van der Waals surface area (Å²) in [6, 6.07) is 5.70. The number of carbonyl (C=O) groups excluding carboxylic acids is 1. The fraction of sp³-hybridized carbons (Fsp3) is 0.579. The molecule has 2 N–H and O–H groups in total. The van der Waals surface area contributed by atoms with Crippen LogP contribution in [0.1, 0.15) is 62.2 Å². The van der Waals surface area contributed by atoms with Crippen molar-refractivity contribution in [1.82, 2.24) is 9.62 Å². The molecule has 1 unspecified atom stereocenters. The normalized spacial score (nSPS) is 23.1. The van der Waals surface area contributed by atoms with Gasteiger partial charge in [0.1, 0.15) is 5.54 Å². The van der Waals surface area contributed by atoms with Crippen LogP contribution in [0.15, 0.2) is 29.2 Å². The highest BCUT2D eigenvalue weighted by atomic mass is 32.2. The summed E-state index contributed by atoms with van der Waals surface area (Å²) in [5.41, 5.74) is -0.960. The van der Waals surface area contributed by atoms with Crippen molar-refractivity contribution in [3.05, 3.63) is 29.8 Å². The van der Waals surface area contributed by atoms with Gasteiger partial charge in [-0.15, -0.1) is 0 Å². The van der Waals surface area contributed by atoms with E-state index in [1.807, 2.05) is 6.92 Å². The summed E-state index contributed by atoms with van der Waals surface area (Å²) >= 11 is 0. The zero-order valence-corrected chi connectivity index (χ0v) is 16.3. The molecule has 2 fully saturated rings. The highest BCUT2D eigenvalue weighted by Gasteiger charge is 2.42. The summed E-state index contributed by atoms with van der Waals surface area (Å²) < 4.78 is 27.2. The lowest BCUT2D eigenvalue weighted by Gasteiger charge is -2.32. The Kier molecular flexibility index (Phi) is 5.58. The lowest BCUT2D eigenvalue weighted by atomic mass is 9.97. The molecule has 0 bridgehead atoms. The maximum absolute atomic E-state index is 12.8. The summed E-state index contributed by atoms with van der Waals surface area (Å²) in [4.78, 5) is 24.2. The van der Waals surface area contributed by atoms with E-state index in [0.29, 0.717) is 19.4 Å². The molecule has 1 aliphatic heterocycles. The van der Waals surface area contributed by atoms with Gasteiger partial charge in [-0.25, -0.2) is 13.2 Å². The molecule has 0 spiro atoms. The molecule has 1 saturated heterocycles. The first-order chi connectivity index (χ1) is 12.8. The van der Waals surface area contributed by atoms with Crippen molar-refractivity contribution in [3.63, 3.8) is 0 Å². The second-order valence-corrected chi connectivity index (χ2v) is 9.42. The standard InChI is InChI=1S/C19H26N2O5S/c1-14-6-2-5-13-21(14)27(25,26)16-9-7-15(8-10-16)17(22)20-19(18(23)24)11-3-4-12-19/h7-10,14H,2-6,11-13H2,1H3,(H,20,22)(H,23,24). The smallest absolute Gasteiger partial charge is 0.329 e. The zero-order valence-electron chi connectivity index (χ0n) is 15.5. The van der Waals surface area contributed by atoms with Gasteiger partial charge in [-0.05, 0) is 56.9 Å². The van der Waals surface area contributed by atoms with E-state index in [1.54, 1.807) is 0 Å². The molecule has 1 aromatic carbocycles. The molecule has 7 nitrogen and oxygen atoms in total. The number of hydrogen-bond donors (Lipinski definition) is 2. The fourth-order valence-corrected chi connectivity index (χ4v) is 5.70. The Morgan fingerprint density at radius 1 is 1.11 bits per heavy atom. The number of carbonyl (C=O) groups is 2. The molecule has 1 aromatic rings. The lowest BCUT2D eigenvalue weighted by molar-refractivity contribution is -0.144. The van der Waals surface area contributed by atoms with Gasteiger partial charge in [0.15, 0.2) is 0 Å². The number of nitrogens with one attached hydrogen (secondary N) is 1. The van der Waals surface area contributed by atoms with Gasteiger partial charge in [-0.1, -0.05) is 19.3 Å². The Hall–Kier alpha value is -1.93. The molecule has 0 radical (unpaired) electrons. The lowest BCUT2D eigenvalue weighted by Crippen LogP contribution is -2.52. The quantitative estimate of drug-likeness (QED) is 0.798. The van der Waals surface area contributed by atoms with E-state index in [0.717, 1.165) is 32.1 Å². The largest absolute Gasteiger partial charge is 0.480 e. The summed E-state index contributed by atoms with van der Waals surface area (Å²) in [5.74, 6) is -1.51. The van der Waals surface area contributed by atoms with Crippen molar-refractivity contribution in [2.45, 2.75) is 68.3 Å². The van der Waals surface area contributed by atoms with Crippen molar-refractivity contribution < 1.29 is 23.1 Å². The SMILES string of the molecule is CC1CCCCN1S(=O)(=O)c1ccc(C(=O)NC2(C(=O)O)CCCC2)cc1. The minimum Gasteiger partial charge on any atom is -0.480 e. The molecule has 0 aromatic heterocycles. The van der Waals surface area contributed by atoms with Crippen LogP contribution in [0.3, 0.4) is 0 Å². The highest BCUT2D eigenvalue weighted by molar-refractivity contribution is 7.89. The highest BCUT2D eigenvalue weighted by Crippen LogP contribution is 2.30. The summed E-state index contributed by atoms with van der Waals surface area (Å²) in [6.45, 7) is 2.42. The summed E-state index contributed by atoms with van der Waals surface area (Å²) in [6.07, 6.45) is 5.06. The average Bonchev–Trinajstić information content (AvgIpc) is 3.12. The van der Waals surface area contributed by atoms with Crippen LogP contribution in [0.2, 0.25) is 0 Å². The molecule has 1 atom stereocenters. The van der Waals surface area contributed by atoms with Gasteiger partial charge in [-0.2, -0.15) is 4.31 Å². The number of carboxylic acids is 1. The number of nitrogens with zero attached hydrogens (tertiary/aromatic N) is 1. The molecule has 1 amide bonds. The molecular weight excluding hydrogens is 368 g/mol. The Morgan fingerprint density at radius 3 is 2.30 bits per heavy atom. The first-order valence-corrected chi connectivity index (χ1v) is 10.9. The van der Waals surface area contributed by atoms with Gasteiger partial charge < -0.3 is 10.4 Å². The molecule has 27 heavy (non-hydrogen) atoms. The number of benzene rings is 1. The van der Waals surface area contributed by atoms with Crippen LogP contribution in [0, 0.1) is 0 Å². The first-order valence-electron chi connectivity index (χ1n) is 9.44. The maximum Gasteiger partial charge on any atom is 0.329 e. The maximum atomic E-state index is 12.8. The van der Waals surface area contributed by atoms with E-state index in [4.69, 9.17) is 0 Å². The van der Waals surface area contributed by atoms with Gasteiger partial charge in [0.2, 0.25) is 10.0 Å². The predicted molar refractivity (Wildman–Crippen MR) is 99.9 cm³/mol. The van der Waals surface area contributed by atoms with Crippen LogP contribution in [0.5, 0.6) is 0 Å². The minimum absolute atomic E-state index is 0.0375. The topological polar surface area (TPSA) is 104 Å². The number of carboxylic acid groups (broad SMARTS) is 1. The molecule has 148 valence electrons.